The minimum absolute atomic E-state index is 0.0636. The number of hydrogen-bond donors (Lipinski definition) is 2. The second-order valence-electron chi connectivity index (χ2n) is 2.02. The van der Waals surface area contributed by atoms with E-state index < -0.39 is 0 Å². The van der Waals surface area contributed by atoms with Crippen LogP contribution in [0.1, 0.15) is 0 Å². The van der Waals surface area contributed by atoms with E-state index in [1.165, 1.54) is 0 Å². The zero-order chi connectivity index (χ0) is 6.27. The Bertz CT molecular complexity index is 156. The lowest BCUT2D eigenvalue weighted by Gasteiger charge is -2.10. The van der Waals surface area contributed by atoms with E-state index in [0.717, 1.165) is 6.26 Å². The highest BCUT2D eigenvalue weighted by atomic mass is 16.8. The summed E-state index contributed by atoms with van der Waals surface area (Å²) in [6, 6.07) is 0. The van der Waals surface area contributed by atoms with E-state index in [4.69, 9.17) is 14.6 Å². The molecule has 9 heavy (non-hydrogen) atoms. The van der Waals surface area contributed by atoms with Crippen LogP contribution in [0.5, 0.6) is 0 Å². The fraction of sp³-hybridized carbons (Fsp3) is 0.600. The quantitative estimate of drug-likeness (QED) is 0.348. The van der Waals surface area contributed by atoms with E-state index in [1.807, 2.05) is 0 Å². The molecule has 2 aliphatic rings. The molecule has 0 radical (unpaired) electrons. The van der Waals surface area contributed by atoms with Crippen molar-refractivity contribution in [2.75, 3.05) is 6.54 Å². The number of aliphatic hydroxyl groups excluding tert-OH is 1. The molecule has 2 saturated heterocycles. The molecule has 2 unspecified atom stereocenters. The molecule has 0 aromatic rings. The molecule has 4 nitrogen and oxygen atoms in total. The van der Waals surface area contributed by atoms with Crippen LogP contribution in [0.2, 0.25) is 0 Å². The largest absolute Gasteiger partial charge is 0.512 e. The SMILES string of the molecule is O/C=C1/CNC2OC2O1. The van der Waals surface area contributed by atoms with Gasteiger partial charge in [0, 0.05) is 0 Å². The summed E-state index contributed by atoms with van der Waals surface area (Å²) in [5.41, 5.74) is 0. The van der Waals surface area contributed by atoms with Crippen LogP contribution in [0, 0.1) is 0 Å². The van der Waals surface area contributed by atoms with Gasteiger partial charge in [-0.1, -0.05) is 0 Å². The molecule has 50 valence electrons. The zero-order valence-electron chi connectivity index (χ0n) is 4.70. The van der Waals surface area contributed by atoms with Gasteiger partial charge in [-0.05, 0) is 0 Å². The predicted molar refractivity (Wildman–Crippen MR) is 28.5 cm³/mol. The summed E-state index contributed by atoms with van der Waals surface area (Å²) in [7, 11) is 0. The lowest BCUT2D eigenvalue weighted by Crippen LogP contribution is -2.29. The van der Waals surface area contributed by atoms with Crippen LogP contribution in [-0.4, -0.2) is 24.2 Å². The Morgan fingerprint density at radius 3 is 3.33 bits per heavy atom. The fourth-order valence-corrected chi connectivity index (χ4v) is 0.801. The van der Waals surface area contributed by atoms with Crippen LogP contribution in [0.15, 0.2) is 12.0 Å². The number of nitrogens with one attached hydrogen (secondary N) is 1. The van der Waals surface area contributed by atoms with Crippen molar-refractivity contribution >= 4 is 0 Å². The number of hydrogen-bond acceptors (Lipinski definition) is 4. The number of ether oxygens (including phenoxy) is 2. The molecule has 2 rings (SSSR count). The molecule has 2 aliphatic heterocycles. The van der Waals surface area contributed by atoms with Gasteiger partial charge in [0.1, 0.15) is 12.0 Å². The van der Waals surface area contributed by atoms with Crippen molar-refractivity contribution in [3.8, 4) is 0 Å². The Hall–Kier alpha value is -0.740. The molecular formula is C5H7NO3. The van der Waals surface area contributed by atoms with Crippen LogP contribution < -0.4 is 5.32 Å². The lowest BCUT2D eigenvalue weighted by atomic mass is 10.4. The van der Waals surface area contributed by atoms with Crippen molar-refractivity contribution in [3.63, 3.8) is 0 Å². The Kier molecular flexibility index (Phi) is 0.913. The van der Waals surface area contributed by atoms with Crippen molar-refractivity contribution < 1.29 is 14.6 Å². The molecular weight excluding hydrogens is 122 g/mol. The molecule has 0 spiro atoms. The van der Waals surface area contributed by atoms with Gasteiger partial charge in [-0.3, -0.25) is 5.32 Å². The first-order valence-electron chi connectivity index (χ1n) is 2.79. The zero-order valence-corrected chi connectivity index (χ0v) is 4.70. The van der Waals surface area contributed by atoms with Crippen LogP contribution >= 0.6 is 0 Å². The average molecular weight is 129 g/mol. The van der Waals surface area contributed by atoms with Crippen LogP contribution in [0.3, 0.4) is 0 Å². The minimum Gasteiger partial charge on any atom is -0.512 e. The van der Waals surface area contributed by atoms with E-state index in [-0.39, 0.29) is 12.5 Å². The van der Waals surface area contributed by atoms with E-state index in [2.05, 4.69) is 5.32 Å². The van der Waals surface area contributed by atoms with Crippen molar-refractivity contribution in [3.05, 3.63) is 12.0 Å². The third-order valence-electron chi connectivity index (χ3n) is 1.34. The van der Waals surface area contributed by atoms with Gasteiger partial charge < -0.3 is 14.6 Å². The van der Waals surface area contributed by atoms with E-state index in [9.17, 15) is 0 Å². The van der Waals surface area contributed by atoms with Crippen molar-refractivity contribution in [1.82, 2.24) is 5.32 Å². The van der Waals surface area contributed by atoms with Gasteiger partial charge in [-0.2, -0.15) is 0 Å². The number of morpholine rings is 1. The Balaban J connectivity index is 2.01. The number of aliphatic hydroxyl groups is 1. The first-order chi connectivity index (χ1) is 4.40. The van der Waals surface area contributed by atoms with Crippen molar-refractivity contribution in [2.45, 2.75) is 12.5 Å². The molecule has 0 amide bonds. The van der Waals surface area contributed by atoms with Gasteiger partial charge in [0.15, 0.2) is 6.23 Å². The molecule has 0 bridgehead atoms. The normalized spacial score (nSPS) is 43.8. The maximum Gasteiger partial charge on any atom is 0.241 e. The monoisotopic (exact) mass is 129 g/mol. The maximum absolute atomic E-state index is 8.44. The van der Waals surface area contributed by atoms with Gasteiger partial charge in [0.2, 0.25) is 6.29 Å². The summed E-state index contributed by atoms with van der Waals surface area (Å²) < 4.78 is 9.96. The molecule has 2 fully saturated rings. The highest BCUT2D eigenvalue weighted by Crippen LogP contribution is 2.26. The summed E-state index contributed by atoms with van der Waals surface area (Å²) in [5.74, 6) is 0.536. The average Bonchev–Trinajstić information content (AvgIpc) is 2.64. The Morgan fingerprint density at radius 1 is 1.78 bits per heavy atom. The molecule has 0 aliphatic carbocycles. The highest BCUT2D eigenvalue weighted by molar-refractivity contribution is 4.98. The second-order valence-corrected chi connectivity index (χ2v) is 2.02. The van der Waals surface area contributed by atoms with Crippen LogP contribution in [-0.2, 0) is 9.47 Å². The van der Waals surface area contributed by atoms with Crippen LogP contribution in [0.25, 0.3) is 0 Å². The van der Waals surface area contributed by atoms with Gasteiger partial charge in [0.05, 0.1) is 6.54 Å². The third-order valence-corrected chi connectivity index (χ3v) is 1.34. The van der Waals surface area contributed by atoms with Gasteiger partial charge >= 0.3 is 0 Å². The van der Waals surface area contributed by atoms with E-state index >= 15 is 0 Å². The predicted octanol–water partition coefficient (Wildman–Crippen LogP) is -0.312. The second kappa shape index (κ2) is 1.62. The smallest absolute Gasteiger partial charge is 0.241 e. The van der Waals surface area contributed by atoms with Gasteiger partial charge in [-0.15, -0.1) is 0 Å². The van der Waals surface area contributed by atoms with Gasteiger partial charge in [0.25, 0.3) is 0 Å². The molecule has 2 atom stereocenters. The molecule has 0 saturated carbocycles. The molecule has 0 aromatic carbocycles. The highest BCUT2D eigenvalue weighted by Gasteiger charge is 2.44. The first-order valence-corrected chi connectivity index (χ1v) is 2.79. The van der Waals surface area contributed by atoms with E-state index in [1.54, 1.807) is 0 Å². The first kappa shape index (κ1) is 5.08. The molecule has 4 heteroatoms. The Morgan fingerprint density at radius 2 is 2.67 bits per heavy atom. The standard InChI is InChI=1S/C5H7NO3/c7-2-3-1-6-4-5(8-3)9-4/h2,4-7H,1H2/b3-2-. The number of fused-ring (bicyclic) bond motifs is 1. The van der Waals surface area contributed by atoms with Crippen molar-refractivity contribution in [1.29, 1.82) is 0 Å². The minimum atomic E-state index is -0.155. The summed E-state index contributed by atoms with van der Waals surface area (Å²) in [6.45, 7) is 0.553. The molecule has 2 heterocycles. The topological polar surface area (TPSA) is 54.0 Å². The molecule has 2 N–H and O–H groups in total. The number of rotatable bonds is 0. The van der Waals surface area contributed by atoms with Crippen molar-refractivity contribution in [2.24, 2.45) is 0 Å². The summed E-state index contributed by atoms with van der Waals surface area (Å²) in [5, 5.41) is 11.4. The summed E-state index contributed by atoms with van der Waals surface area (Å²) in [6.07, 6.45) is 0.857. The van der Waals surface area contributed by atoms with Gasteiger partial charge in [-0.25, -0.2) is 0 Å². The van der Waals surface area contributed by atoms with E-state index in [0.29, 0.717) is 12.3 Å². The maximum atomic E-state index is 8.44. The summed E-state index contributed by atoms with van der Waals surface area (Å²) in [4.78, 5) is 0. The lowest BCUT2D eigenvalue weighted by molar-refractivity contribution is 0.0963. The molecule has 0 aromatic heterocycles. The third kappa shape index (κ3) is 0.760. The fourth-order valence-electron chi connectivity index (χ4n) is 0.801. The number of epoxide rings is 1. The summed E-state index contributed by atoms with van der Waals surface area (Å²) >= 11 is 0. The van der Waals surface area contributed by atoms with Crippen LogP contribution in [0.4, 0.5) is 0 Å². The Labute approximate surface area is 52.1 Å².